The molecule has 31 heteroatoms. The number of ether oxygens (including phenoxy) is 1. The van der Waals surface area contributed by atoms with Gasteiger partial charge in [-0.05, 0) is 152 Å². The number of sulfonamides is 3. The van der Waals surface area contributed by atoms with E-state index >= 15 is 0 Å². The number of fused-ring (bicyclic) bond motifs is 3. The van der Waals surface area contributed by atoms with Crippen molar-refractivity contribution in [2.75, 3.05) is 30.3 Å². The molecule has 27 nitrogen and oxygen atoms in total. The quantitative estimate of drug-likeness (QED) is 0.0236. The molecular weight excluding hydrogens is 1240 g/mol. The Morgan fingerprint density at radius 3 is 1.28 bits per heavy atom. The molecule has 3 aliphatic carbocycles. The summed E-state index contributed by atoms with van der Waals surface area (Å²) in [6, 6.07) is 10.2. The number of anilines is 2. The molecule has 3 saturated carbocycles. The van der Waals surface area contributed by atoms with Crippen LogP contribution in [0, 0.1) is 46.3 Å². The Morgan fingerprint density at radius 2 is 0.911 bits per heavy atom. The summed E-state index contributed by atoms with van der Waals surface area (Å²) in [5.41, 5.74) is 9.18. The largest absolute Gasteiger partial charge is 0.481 e. The minimum atomic E-state index is -3.84. The Kier molecular flexibility index (Phi) is 19.8. The Morgan fingerprint density at radius 1 is 0.544 bits per heavy atom. The first-order chi connectivity index (χ1) is 42.9. The number of carbonyl (C=O) groups excluding carboxylic acids is 1. The number of rotatable bonds is 21. The molecule has 12 rings (SSSR count). The van der Waals surface area contributed by atoms with Gasteiger partial charge in [0.2, 0.25) is 42.0 Å². The van der Waals surface area contributed by atoms with Gasteiger partial charge in [-0.1, -0.05) is 54.0 Å². The van der Waals surface area contributed by atoms with Crippen molar-refractivity contribution in [1.29, 1.82) is 0 Å². The number of nitrogens with one attached hydrogen (secondary N) is 9. The van der Waals surface area contributed by atoms with E-state index in [1.54, 1.807) is 52.0 Å². The van der Waals surface area contributed by atoms with Gasteiger partial charge in [0.1, 0.15) is 43.0 Å². The summed E-state index contributed by atoms with van der Waals surface area (Å²) in [4.78, 5) is 43.8. The number of hydrogen-bond acceptors (Lipinski definition) is 20. The van der Waals surface area contributed by atoms with Gasteiger partial charge in [-0.15, -0.1) is 0 Å². The van der Waals surface area contributed by atoms with Gasteiger partial charge in [-0.3, -0.25) is 9.59 Å². The Hall–Kier alpha value is -7.81. The Balaban J connectivity index is 0.000000149. The van der Waals surface area contributed by atoms with Crippen molar-refractivity contribution >= 4 is 99.2 Å². The number of aromatic nitrogens is 9. The molecule has 10 N–H and O–H groups in total. The molecule has 3 aliphatic rings. The van der Waals surface area contributed by atoms with Crippen molar-refractivity contribution in [3.8, 4) is 33.4 Å². The van der Waals surface area contributed by atoms with Gasteiger partial charge in [-0.2, -0.15) is 0 Å². The van der Waals surface area contributed by atoms with Gasteiger partial charge in [0.05, 0.1) is 58.6 Å². The zero-order valence-corrected chi connectivity index (χ0v) is 54.2. The van der Waals surface area contributed by atoms with Gasteiger partial charge in [0.15, 0.2) is 4.77 Å². The van der Waals surface area contributed by atoms with Crippen LogP contribution < -0.4 is 24.8 Å². The normalized spacial score (nSPS) is 15.2. The van der Waals surface area contributed by atoms with E-state index in [-0.39, 0.29) is 58.2 Å². The summed E-state index contributed by atoms with van der Waals surface area (Å²) in [7, 11) is -11.4. The lowest BCUT2D eigenvalue weighted by Crippen LogP contribution is -2.32. The third-order valence-corrected chi connectivity index (χ3v) is 20.9. The van der Waals surface area contributed by atoms with E-state index in [0.717, 1.165) is 99.3 Å². The van der Waals surface area contributed by atoms with Crippen molar-refractivity contribution in [2.45, 2.75) is 171 Å². The first kappa shape index (κ1) is 65.2. The SMILES string of the molecule is CCOC(=O)CCNc1nc2c(S(=O)(=O)NC3CCCC3)cc(-c3c(C)noc3C)cc2[nH]1.Cc1noc(C)c1-c1cc(S(=O)(=O)NC2CCCC2)c2[nH]c(=S)[nH]c2c1.Cc1noc(C)c1-c1cc(S(=O)(=O)NC2CCCC2)c2nc(NCCC(=O)O)[nH]c2c1. The standard InChI is InChI=1S/C22H29N5O5S.C20H25N5O5S.C17H20N4O3S2/c1-4-31-19(28)9-10-23-22-24-17-11-15(20-13(2)26-32-14(20)3)12-18(21(17)25-22)33(29,30)27-16-7-5-6-8-16;1-11-18(12(2)30-24-11)13-9-15-19(23-20(22-15)21-8-7-17(26)27)16(10-13)31(28,29)25-14-5-3-4-6-14;1-9-15(10(2)24-20-9)11-7-13-16(19-17(25)18-13)14(8-11)26(22,23)21-12-5-3-4-6-12/h11-12,16,27H,4-10H2,1-3H3,(H2,23,24,25);9-10,14,25H,3-8H2,1-2H3,(H,26,27)(H2,21,22,23);7-8,12,21H,3-6H2,1-2H3,(H2,18,19,25). The molecule has 0 radical (unpaired) electrons. The highest BCUT2D eigenvalue weighted by molar-refractivity contribution is 7.90. The van der Waals surface area contributed by atoms with E-state index in [2.05, 4.69) is 70.2 Å². The molecule has 90 heavy (non-hydrogen) atoms. The second-order valence-corrected chi connectivity index (χ2v) is 28.3. The molecule has 3 fully saturated rings. The van der Waals surface area contributed by atoms with E-state index in [9.17, 15) is 34.8 Å². The van der Waals surface area contributed by atoms with Crippen LogP contribution >= 0.6 is 12.2 Å². The third-order valence-electron chi connectivity index (χ3n) is 16.1. The van der Waals surface area contributed by atoms with E-state index in [0.29, 0.717) is 108 Å². The number of H-pyrrole nitrogens is 4. The zero-order chi connectivity index (χ0) is 64.2. The van der Waals surface area contributed by atoms with Crippen molar-refractivity contribution in [2.24, 2.45) is 0 Å². The molecule has 0 unspecified atom stereocenters. The maximum atomic E-state index is 13.4. The lowest BCUT2D eigenvalue weighted by molar-refractivity contribution is -0.142. The fraction of sp³-hybridized carbons (Fsp3) is 0.458. The summed E-state index contributed by atoms with van der Waals surface area (Å²) in [5, 5.41) is 26.7. The average Bonchev–Trinajstić information content (AvgIpc) is 1.54. The number of imidazole rings is 3. The van der Waals surface area contributed by atoms with Crippen molar-refractivity contribution in [3.63, 3.8) is 0 Å². The molecule has 9 aromatic rings. The van der Waals surface area contributed by atoms with Crippen LogP contribution in [0.25, 0.3) is 66.5 Å². The summed E-state index contributed by atoms with van der Waals surface area (Å²) in [6.45, 7) is 13.4. The highest BCUT2D eigenvalue weighted by Crippen LogP contribution is 2.38. The van der Waals surface area contributed by atoms with E-state index in [4.69, 9.17) is 35.6 Å². The minimum absolute atomic E-state index is 0.0142. The second-order valence-electron chi connectivity index (χ2n) is 22.8. The summed E-state index contributed by atoms with van der Waals surface area (Å²) >= 11 is 5.18. The molecule has 0 aliphatic heterocycles. The van der Waals surface area contributed by atoms with Crippen molar-refractivity contribution < 1.29 is 58.3 Å². The monoisotopic (exact) mass is 1310 g/mol. The predicted octanol–water partition coefficient (Wildman–Crippen LogP) is 10.1. The topological polar surface area (TPSA) is 393 Å². The van der Waals surface area contributed by atoms with Crippen LogP contribution in [0.5, 0.6) is 0 Å². The summed E-state index contributed by atoms with van der Waals surface area (Å²) in [5.74, 6) is 1.27. The smallest absolute Gasteiger partial charge is 0.307 e. The van der Waals surface area contributed by atoms with Crippen LogP contribution in [-0.4, -0.2) is 125 Å². The lowest BCUT2D eigenvalue weighted by atomic mass is 10.0. The van der Waals surface area contributed by atoms with Crippen LogP contribution in [0.15, 0.2) is 64.7 Å². The second kappa shape index (κ2) is 27.3. The van der Waals surface area contributed by atoms with E-state index < -0.39 is 36.0 Å². The number of carbonyl (C=O) groups is 2. The number of esters is 1. The molecule has 482 valence electrons. The first-order valence-corrected chi connectivity index (χ1v) is 34.8. The average molecular weight is 1320 g/mol. The predicted molar refractivity (Wildman–Crippen MR) is 339 cm³/mol. The number of aryl methyl sites for hydroxylation is 6. The molecule has 0 saturated heterocycles. The van der Waals surface area contributed by atoms with Crippen LogP contribution in [0.3, 0.4) is 0 Å². The Bertz CT molecular complexity index is 4460. The van der Waals surface area contributed by atoms with Crippen LogP contribution in [-0.2, 0) is 44.4 Å². The van der Waals surface area contributed by atoms with Gasteiger partial charge in [0.25, 0.3) is 0 Å². The van der Waals surface area contributed by atoms with Gasteiger partial charge < -0.3 is 54.0 Å². The lowest BCUT2D eigenvalue weighted by Gasteiger charge is -2.14. The van der Waals surface area contributed by atoms with E-state index in [1.165, 1.54) is 0 Å². The molecule has 6 heterocycles. The molecule has 0 amide bonds. The number of hydrogen-bond donors (Lipinski definition) is 10. The number of aromatic amines is 4. The maximum absolute atomic E-state index is 13.4. The molecule has 0 spiro atoms. The highest BCUT2D eigenvalue weighted by atomic mass is 32.2. The summed E-state index contributed by atoms with van der Waals surface area (Å²) < 4.78 is 109. The van der Waals surface area contributed by atoms with Crippen LogP contribution in [0.1, 0.15) is 131 Å². The zero-order valence-electron chi connectivity index (χ0n) is 50.9. The number of nitrogens with zero attached hydrogens (tertiary/aromatic N) is 5. The minimum Gasteiger partial charge on any atom is -0.481 e. The van der Waals surface area contributed by atoms with Gasteiger partial charge in [0, 0.05) is 47.9 Å². The van der Waals surface area contributed by atoms with E-state index in [1.807, 2.05) is 32.9 Å². The highest BCUT2D eigenvalue weighted by Gasteiger charge is 2.31. The maximum Gasteiger partial charge on any atom is 0.307 e. The van der Waals surface area contributed by atoms with Gasteiger partial charge >= 0.3 is 11.9 Å². The number of carboxylic acids is 1. The van der Waals surface area contributed by atoms with Crippen molar-refractivity contribution in [3.05, 3.63) is 75.5 Å². The van der Waals surface area contributed by atoms with Crippen LogP contribution in [0.2, 0.25) is 0 Å². The van der Waals surface area contributed by atoms with Crippen molar-refractivity contribution in [1.82, 2.24) is 59.5 Å². The summed E-state index contributed by atoms with van der Waals surface area (Å²) in [6.07, 6.45) is 11.2. The number of carboxylic acid groups (broad SMARTS) is 1. The molecule has 0 bridgehead atoms. The number of benzene rings is 3. The molecular formula is C59H74N14O13S4. The van der Waals surface area contributed by atoms with Gasteiger partial charge in [-0.25, -0.2) is 49.4 Å². The molecule has 3 aromatic carbocycles. The third kappa shape index (κ3) is 14.8. The molecule has 6 aromatic heterocycles. The Labute approximate surface area is 524 Å². The number of aliphatic carboxylic acids is 1. The van der Waals surface area contributed by atoms with Crippen LogP contribution in [0.4, 0.5) is 11.9 Å². The fourth-order valence-electron chi connectivity index (χ4n) is 12.0. The fourth-order valence-corrected chi connectivity index (χ4v) is 16.7. The first-order valence-electron chi connectivity index (χ1n) is 29.9. The molecule has 0 atom stereocenters.